The molecule has 17 heavy (non-hydrogen) atoms. The highest BCUT2D eigenvalue weighted by Crippen LogP contribution is 2.13. The van der Waals surface area contributed by atoms with Crippen molar-refractivity contribution in [3.05, 3.63) is 0 Å². The second kappa shape index (κ2) is 5.97. The van der Waals surface area contributed by atoms with Crippen LogP contribution in [0.1, 0.15) is 13.8 Å². The molecule has 0 aliphatic carbocycles. The van der Waals surface area contributed by atoms with Crippen LogP contribution >= 0.6 is 0 Å². The van der Waals surface area contributed by atoms with Crippen LogP contribution in [0, 0.1) is 0 Å². The zero-order valence-electron chi connectivity index (χ0n) is 10.8. The van der Waals surface area contributed by atoms with Crippen molar-refractivity contribution in [3.63, 3.8) is 0 Å². The third-order valence-corrected chi connectivity index (χ3v) is 3.27. The molecule has 6 nitrogen and oxygen atoms in total. The van der Waals surface area contributed by atoms with Crippen molar-refractivity contribution >= 4 is 11.8 Å². The Hall–Kier alpha value is -1.14. The van der Waals surface area contributed by atoms with Crippen LogP contribution in [0.2, 0.25) is 0 Å². The highest BCUT2D eigenvalue weighted by atomic mass is 16.2. The van der Waals surface area contributed by atoms with Crippen LogP contribution < -0.4 is 11.1 Å². The fourth-order valence-electron chi connectivity index (χ4n) is 1.98. The number of rotatable bonds is 2. The molecule has 0 saturated carbocycles. The first-order valence-corrected chi connectivity index (χ1v) is 5.96. The maximum Gasteiger partial charge on any atom is 0.311 e. The number of nitrogens with two attached hydrogens (primary N) is 1. The number of hydrogen-bond donors (Lipinski definition) is 2. The Balaban J connectivity index is 2.55. The SMILES string of the molecule is CC1CN(C(=O)C(=O)NCCN)CC(C)N1C. The lowest BCUT2D eigenvalue weighted by Gasteiger charge is -2.42. The minimum Gasteiger partial charge on any atom is -0.347 e. The van der Waals surface area contributed by atoms with Crippen LogP contribution in [0.5, 0.6) is 0 Å². The molecule has 0 aromatic heterocycles. The first-order chi connectivity index (χ1) is 7.97. The van der Waals surface area contributed by atoms with Gasteiger partial charge in [-0.2, -0.15) is 0 Å². The molecule has 0 radical (unpaired) electrons. The fraction of sp³-hybridized carbons (Fsp3) is 0.818. The van der Waals surface area contributed by atoms with Gasteiger partial charge in [0.15, 0.2) is 0 Å². The third-order valence-electron chi connectivity index (χ3n) is 3.27. The van der Waals surface area contributed by atoms with E-state index in [2.05, 4.69) is 10.2 Å². The van der Waals surface area contributed by atoms with Crippen molar-refractivity contribution in [3.8, 4) is 0 Å². The van der Waals surface area contributed by atoms with Crippen molar-refractivity contribution in [1.82, 2.24) is 15.1 Å². The second-order valence-electron chi connectivity index (χ2n) is 4.62. The van der Waals surface area contributed by atoms with Crippen LogP contribution in [0.3, 0.4) is 0 Å². The van der Waals surface area contributed by atoms with Crippen molar-refractivity contribution < 1.29 is 9.59 Å². The molecule has 98 valence electrons. The molecule has 1 aliphatic heterocycles. The Kier molecular flexibility index (Phi) is 4.89. The highest BCUT2D eigenvalue weighted by Gasteiger charge is 2.31. The van der Waals surface area contributed by atoms with Gasteiger partial charge in [0.05, 0.1) is 0 Å². The summed E-state index contributed by atoms with van der Waals surface area (Å²) in [6, 6.07) is 0.537. The Morgan fingerprint density at radius 3 is 2.29 bits per heavy atom. The van der Waals surface area contributed by atoms with E-state index in [4.69, 9.17) is 5.73 Å². The van der Waals surface area contributed by atoms with Gasteiger partial charge in [0, 0.05) is 38.3 Å². The van der Waals surface area contributed by atoms with Gasteiger partial charge >= 0.3 is 11.8 Å². The lowest BCUT2D eigenvalue weighted by atomic mass is 10.1. The largest absolute Gasteiger partial charge is 0.347 e. The zero-order chi connectivity index (χ0) is 13.0. The molecule has 0 bridgehead atoms. The minimum atomic E-state index is -0.556. The quantitative estimate of drug-likeness (QED) is 0.585. The summed E-state index contributed by atoms with van der Waals surface area (Å²) in [5.41, 5.74) is 5.27. The van der Waals surface area contributed by atoms with E-state index in [-0.39, 0.29) is 12.1 Å². The van der Waals surface area contributed by atoms with Gasteiger partial charge in [-0.25, -0.2) is 0 Å². The second-order valence-corrected chi connectivity index (χ2v) is 4.62. The van der Waals surface area contributed by atoms with E-state index >= 15 is 0 Å². The zero-order valence-corrected chi connectivity index (χ0v) is 10.8. The van der Waals surface area contributed by atoms with Gasteiger partial charge in [0.25, 0.3) is 0 Å². The summed E-state index contributed by atoms with van der Waals surface area (Å²) in [6.45, 7) is 5.96. The molecule has 1 fully saturated rings. The molecule has 6 heteroatoms. The number of carbonyl (C=O) groups is 2. The number of hydrogen-bond acceptors (Lipinski definition) is 4. The number of carbonyl (C=O) groups excluding carboxylic acids is 2. The number of nitrogens with zero attached hydrogens (tertiary/aromatic N) is 2. The number of piperazine rings is 1. The lowest BCUT2D eigenvalue weighted by Crippen LogP contribution is -2.58. The molecule has 1 saturated heterocycles. The van der Waals surface area contributed by atoms with Crippen molar-refractivity contribution in [1.29, 1.82) is 0 Å². The molecule has 1 heterocycles. The molecule has 1 aliphatic rings. The van der Waals surface area contributed by atoms with E-state index < -0.39 is 11.8 Å². The van der Waals surface area contributed by atoms with Gasteiger partial charge in [-0.15, -0.1) is 0 Å². The van der Waals surface area contributed by atoms with E-state index in [1.165, 1.54) is 0 Å². The van der Waals surface area contributed by atoms with Crippen LogP contribution in [-0.2, 0) is 9.59 Å². The summed E-state index contributed by atoms with van der Waals surface area (Å²) < 4.78 is 0. The summed E-state index contributed by atoms with van der Waals surface area (Å²) in [4.78, 5) is 27.2. The topological polar surface area (TPSA) is 78.7 Å². The Morgan fingerprint density at radius 2 is 1.82 bits per heavy atom. The van der Waals surface area contributed by atoms with Crippen molar-refractivity contribution in [2.75, 3.05) is 33.2 Å². The predicted molar refractivity (Wildman–Crippen MR) is 65.3 cm³/mol. The average Bonchev–Trinajstić information content (AvgIpc) is 2.31. The van der Waals surface area contributed by atoms with E-state index in [0.717, 1.165) is 0 Å². The molecule has 0 aromatic rings. The minimum absolute atomic E-state index is 0.269. The summed E-state index contributed by atoms with van der Waals surface area (Å²) in [7, 11) is 2.03. The van der Waals surface area contributed by atoms with Crippen LogP contribution in [0.25, 0.3) is 0 Å². The maximum atomic E-state index is 11.9. The molecular formula is C11H22N4O2. The van der Waals surface area contributed by atoms with Gasteiger partial charge in [-0.1, -0.05) is 0 Å². The standard InChI is InChI=1S/C11H22N4O2/c1-8-6-15(7-9(2)14(8)3)11(17)10(16)13-5-4-12/h8-9H,4-7,12H2,1-3H3,(H,13,16). The van der Waals surface area contributed by atoms with Gasteiger partial charge in [-0.05, 0) is 20.9 Å². The first kappa shape index (κ1) is 13.9. The average molecular weight is 242 g/mol. The Bertz CT molecular complexity index is 283. The Labute approximate surface area is 102 Å². The van der Waals surface area contributed by atoms with Crippen LogP contribution in [-0.4, -0.2) is 66.9 Å². The highest BCUT2D eigenvalue weighted by molar-refractivity contribution is 6.35. The number of nitrogens with one attached hydrogen (secondary N) is 1. The van der Waals surface area contributed by atoms with Crippen LogP contribution in [0.15, 0.2) is 0 Å². The molecular weight excluding hydrogens is 220 g/mol. The molecule has 0 spiro atoms. The maximum absolute atomic E-state index is 11.9. The van der Waals surface area contributed by atoms with Crippen LogP contribution in [0.4, 0.5) is 0 Å². The molecule has 3 N–H and O–H groups in total. The van der Waals surface area contributed by atoms with Gasteiger partial charge in [-0.3, -0.25) is 14.5 Å². The Morgan fingerprint density at radius 1 is 1.29 bits per heavy atom. The first-order valence-electron chi connectivity index (χ1n) is 5.96. The number of likely N-dealkylation sites (N-methyl/N-ethyl adjacent to an activating group) is 1. The molecule has 2 atom stereocenters. The van der Waals surface area contributed by atoms with Gasteiger partial charge < -0.3 is 16.0 Å². The molecule has 2 unspecified atom stereocenters. The molecule has 1 rings (SSSR count). The summed E-state index contributed by atoms with van der Waals surface area (Å²) >= 11 is 0. The smallest absolute Gasteiger partial charge is 0.311 e. The lowest BCUT2D eigenvalue weighted by molar-refractivity contribution is -0.148. The summed E-state index contributed by atoms with van der Waals surface area (Å²) in [5, 5.41) is 2.50. The number of amides is 2. The van der Waals surface area contributed by atoms with E-state index in [9.17, 15) is 9.59 Å². The van der Waals surface area contributed by atoms with E-state index in [0.29, 0.717) is 26.2 Å². The van der Waals surface area contributed by atoms with E-state index in [1.54, 1.807) is 4.90 Å². The third kappa shape index (κ3) is 3.41. The summed E-state index contributed by atoms with van der Waals surface area (Å²) in [5.74, 6) is -1.01. The fourth-order valence-corrected chi connectivity index (χ4v) is 1.98. The van der Waals surface area contributed by atoms with Gasteiger partial charge in [0.2, 0.25) is 0 Å². The van der Waals surface area contributed by atoms with E-state index in [1.807, 2.05) is 20.9 Å². The molecule has 0 aromatic carbocycles. The van der Waals surface area contributed by atoms with Crippen molar-refractivity contribution in [2.24, 2.45) is 5.73 Å². The monoisotopic (exact) mass is 242 g/mol. The normalized spacial score (nSPS) is 25.8. The van der Waals surface area contributed by atoms with Gasteiger partial charge in [0.1, 0.15) is 0 Å². The predicted octanol–water partition coefficient (Wildman–Crippen LogP) is -1.39. The van der Waals surface area contributed by atoms with Crippen molar-refractivity contribution in [2.45, 2.75) is 25.9 Å². The molecule has 2 amide bonds. The summed E-state index contributed by atoms with van der Waals surface area (Å²) in [6.07, 6.45) is 0.